The highest BCUT2D eigenvalue weighted by molar-refractivity contribution is 5.76. The number of carbonyl (C=O) groups is 1. The van der Waals surface area contributed by atoms with Crippen molar-refractivity contribution in [2.24, 2.45) is 0 Å². The normalized spacial score (nSPS) is 15.1. The number of carbonyl (C=O) groups excluding carboxylic acids is 1. The van der Waals surface area contributed by atoms with Crippen LogP contribution in [0.4, 0.5) is 0 Å². The van der Waals surface area contributed by atoms with E-state index in [2.05, 4.69) is 23.1 Å². The minimum absolute atomic E-state index is 0.177. The standard InChI is InChI=1S/C25H34N2O3/c1-20(2)30-24-7-4-6-22(18-24)19-26-14-5-15-27(17-16-26)25(28)13-10-21-8-11-23(29-3)12-9-21/h4,6-9,11-12,18,20H,5,10,13-17,19H2,1-3H3. The van der Waals surface area contributed by atoms with Gasteiger partial charge in [0.25, 0.3) is 0 Å². The maximum Gasteiger partial charge on any atom is 0.222 e. The van der Waals surface area contributed by atoms with Gasteiger partial charge in [-0.15, -0.1) is 0 Å². The van der Waals surface area contributed by atoms with Crippen molar-refractivity contribution in [3.63, 3.8) is 0 Å². The van der Waals surface area contributed by atoms with Crippen molar-refractivity contribution in [2.75, 3.05) is 33.3 Å². The van der Waals surface area contributed by atoms with Crippen LogP contribution in [0.3, 0.4) is 0 Å². The summed E-state index contributed by atoms with van der Waals surface area (Å²) < 4.78 is 11.0. The molecule has 5 nitrogen and oxygen atoms in total. The van der Waals surface area contributed by atoms with Crippen LogP contribution in [0.25, 0.3) is 0 Å². The van der Waals surface area contributed by atoms with E-state index in [0.29, 0.717) is 6.42 Å². The number of nitrogens with zero attached hydrogens (tertiary/aromatic N) is 2. The molecular weight excluding hydrogens is 376 g/mol. The second-order valence-electron chi connectivity index (χ2n) is 8.17. The van der Waals surface area contributed by atoms with Gasteiger partial charge in [-0.1, -0.05) is 24.3 Å². The molecule has 0 atom stereocenters. The van der Waals surface area contributed by atoms with Gasteiger partial charge in [0.05, 0.1) is 13.2 Å². The Hall–Kier alpha value is -2.53. The third-order valence-electron chi connectivity index (χ3n) is 5.40. The molecule has 0 bridgehead atoms. The monoisotopic (exact) mass is 410 g/mol. The van der Waals surface area contributed by atoms with Crippen molar-refractivity contribution in [3.05, 3.63) is 59.7 Å². The van der Waals surface area contributed by atoms with Crippen molar-refractivity contribution < 1.29 is 14.3 Å². The van der Waals surface area contributed by atoms with Gasteiger partial charge >= 0.3 is 0 Å². The first-order chi connectivity index (χ1) is 14.5. The van der Waals surface area contributed by atoms with E-state index in [1.165, 1.54) is 11.1 Å². The van der Waals surface area contributed by atoms with Crippen molar-refractivity contribution in [1.82, 2.24) is 9.80 Å². The van der Waals surface area contributed by atoms with E-state index in [1.54, 1.807) is 7.11 Å². The van der Waals surface area contributed by atoms with Crippen LogP contribution in [0.2, 0.25) is 0 Å². The molecule has 0 aromatic heterocycles. The number of hydrogen-bond donors (Lipinski definition) is 0. The number of ether oxygens (including phenoxy) is 2. The lowest BCUT2D eigenvalue weighted by Gasteiger charge is -2.22. The van der Waals surface area contributed by atoms with Crippen molar-refractivity contribution in [3.8, 4) is 11.5 Å². The maximum atomic E-state index is 12.7. The molecule has 0 spiro atoms. The SMILES string of the molecule is COc1ccc(CCC(=O)N2CCCN(Cc3cccc(OC(C)C)c3)CC2)cc1. The summed E-state index contributed by atoms with van der Waals surface area (Å²) in [5, 5.41) is 0. The number of amides is 1. The van der Waals surface area contributed by atoms with Gasteiger partial charge in [0.15, 0.2) is 0 Å². The molecule has 1 amide bonds. The van der Waals surface area contributed by atoms with Crippen LogP contribution in [-0.2, 0) is 17.8 Å². The zero-order valence-corrected chi connectivity index (χ0v) is 18.5. The molecule has 2 aromatic carbocycles. The summed E-state index contributed by atoms with van der Waals surface area (Å²) >= 11 is 0. The third kappa shape index (κ3) is 6.77. The summed E-state index contributed by atoms with van der Waals surface area (Å²) in [6.07, 6.45) is 2.51. The summed E-state index contributed by atoms with van der Waals surface area (Å²) in [5.41, 5.74) is 2.43. The highest BCUT2D eigenvalue weighted by atomic mass is 16.5. The number of benzene rings is 2. The van der Waals surface area contributed by atoms with E-state index in [9.17, 15) is 4.79 Å². The van der Waals surface area contributed by atoms with Crippen LogP contribution in [0, 0.1) is 0 Å². The van der Waals surface area contributed by atoms with E-state index in [-0.39, 0.29) is 12.0 Å². The molecule has 1 fully saturated rings. The fourth-order valence-electron chi connectivity index (χ4n) is 3.83. The van der Waals surface area contributed by atoms with Gasteiger partial charge in [0, 0.05) is 39.1 Å². The second-order valence-corrected chi connectivity index (χ2v) is 8.17. The molecule has 0 radical (unpaired) electrons. The van der Waals surface area contributed by atoms with E-state index >= 15 is 0 Å². The fraction of sp³-hybridized carbons (Fsp3) is 0.480. The Kier molecular flexibility index (Phi) is 8.14. The quantitative estimate of drug-likeness (QED) is 0.656. The molecule has 0 N–H and O–H groups in total. The van der Waals surface area contributed by atoms with Gasteiger partial charge in [0.1, 0.15) is 11.5 Å². The Morgan fingerprint density at radius 3 is 2.50 bits per heavy atom. The Balaban J connectivity index is 1.47. The van der Waals surface area contributed by atoms with Crippen molar-refractivity contribution in [1.29, 1.82) is 0 Å². The molecule has 162 valence electrons. The summed E-state index contributed by atoms with van der Waals surface area (Å²) in [4.78, 5) is 17.2. The summed E-state index contributed by atoms with van der Waals surface area (Å²) in [6, 6.07) is 16.3. The summed E-state index contributed by atoms with van der Waals surface area (Å²) in [6.45, 7) is 8.53. The second kappa shape index (κ2) is 11.0. The molecule has 30 heavy (non-hydrogen) atoms. The topological polar surface area (TPSA) is 42.0 Å². The lowest BCUT2D eigenvalue weighted by Crippen LogP contribution is -2.35. The lowest BCUT2D eigenvalue weighted by molar-refractivity contribution is -0.131. The Bertz CT molecular complexity index is 804. The van der Waals surface area contributed by atoms with Gasteiger partial charge in [-0.3, -0.25) is 9.69 Å². The first kappa shape index (κ1) is 22.2. The number of hydrogen-bond acceptors (Lipinski definition) is 4. The number of aryl methyl sites for hydroxylation is 1. The first-order valence-electron chi connectivity index (χ1n) is 10.9. The minimum atomic E-state index is 0.177. The highest BCUT2D eigenvalue weighted by Crippen LogP contribution is 2.18. The van der Waals surface area contributed by atoms with Crippen LogP contribution < -0.4 is 9.47 Å². The average molecular weight is 411 g/mol. The van der Waals surface area contributed by atoms with Crippen LogP contribution in [0.5, 0.6) is 11.5 Å². The molecule has 1 aliphatic rings. The van der Waals surface area contributed by atoms with E-state index in [0.717, 1.165) is 57.1 Å². The minimum Gasteiger partial charge on any atom is -0.497 e. The predicted molar refractivity (Wildman–Crippen MR) is 120 cm³/mol. The average Bonchev–Trinajstić information content (AvgIpc) is 2.98. The fourth-order valence-corrected chi connectivity index (χ4v) is 3.83. The highest BCUT2D eigenvalue weighted by Gasteiger charge is 2.19. The first-order valence-corrected chi connectivity index (χ1v) is 10.9. The van der Waals surface area contributed by atoms with Crippen molar-refractivity contribution in [2.45, 2.75) is 45.8 Å². The number of rotatable bonds is 8. The molecule has 1 aliphatic heterocycles. The van der Waals surface area contributed by atoms with Gasteiger partial charge in [-0.05, 0) is 62.1 Å². The number of methoxy groups -OCH3 is 1. The Morgan fingerprint density at radius 1 is 0.967 bits per heavy atom. The largest absolute Gasteiger partial charge is 0.497 e. The predicted octanol–water partition coefficient (Wildman–Crippen LogP) is 4.15. The van der Waals surface area contributed by atoms with Gasteiger partial charge in [-0.2, -0.15) is 0 Å². The van der Waals surface area contributed by atoms with E-state index in [4.69, 9.17) is 9.47 Å². The van der Waals surface area contributed by atoms with Gasteiger partial charge < -0.3 is 14.4 Å². The molecule has 5 heteroatoms. The third-order valence-corrected chi connectivity index (χ3v) is 5.40. The lowest BCUT2D eigenvalue weighted by atomic mass is 10.1. The van der Waals surface area contributed by atoms with E-state index in [1.807, 2.05) is 49.1 Å². The van der Waals surface area contributed by atoms with Crippen LogP contribution in [-0.4, -0.2) is 55.1 Å². The van der Waals surface area contributed by atoms with Crippen LogP contribution in [0.15, 0.2) is 48.5 Å². The zero-order chi connectivity index (χ0) is 21.3. The Labute approximate surface area is 180 Å². The van der Waals surface area contributed by atoms with Gasteiger partial charge in [-0.25, -0.2) is 0 Å². The summed E-state index contributed by atoms with van der Waals surface area (Å²) in [5.74, 6) is 2.02. The van der Waals surface area contributed by atoms with Crippen LogP contribution >= 0.6 is 0 Å². The molecule has 0 unspecified atom stereocenters. The van der Waals surface area contributed by atoms with Crippen LogP contribution in [0.1, 0.15) is 37.8 Å². The zero-order valence-electron chi connectivity index (χ0n) is 18.5. The molecule has 2 aromatic rings. The maximum absolute atomic E-state index is 12.7. The molecule has 0 saturated carbocycles. The smallest absolute Gasteiger partial charge is 0.222 e. The molecule has 0 aliphatic carbocycles. The van der Waals surface area contributed by atoms with Crippen molar-refractivity contribution >= 4 is 5.91 Å². The Morgan fingerprint density at radius 2 is 1.77 bits per heavy atom. The summed E-state index contributed by atoms with van der Waals surface area (Å²) in [7, 11) is 1.66. The molecule has 1 saturated heterocycles. The molecule has 3 rings (SSSR count). The molecular formula is C25H34N2O3. The van der Waals surface area contributed by atoms with Gasteiger partial charge in [0.2, 0.25) is 5.91 Å². The van der Waals surface area contributed by atoms with E-state index < -0.39 is 0 Å². The molecule has 1 heterocycles.